The van der Waals surface area contributed by atoms with E-state index in [4.69, 9.17) is 23.2 Å². The SMILES string of the molecule is Cc1ccccc1C(=O)c1cccc2c(Cl)ccc(Cl)c12. The average molecular weight is 315 g/mol. The lowest BCUT2D eigenvalue weighted by Crippen LogP contribution is -2.04. The number of aryl methyl sites for hydroxylation is 1. The summed E-state index contributed by atoms with van der Waals surface area (Å²) in [5.41, 5.74) is 2.20. The fourth-order valence-corrected chi connectivity index (χ4v) is 2.98. The topological polar surface area (TPSA) is 17.1 Å². The standard InChI is InChI=1S/C18H12Cl2O/c1-11-5-2-3-6-12(11)18(21)14-8-4-7-13-15(19)9-10-16(20)17(13)14/h2-10H,1H3. The van der Waals surface area contributed by atoms with Crippen LogP contribution in [0.2, 0.25) is 10.0 Å². The molecule has 0 aliphatic carbocycles. The van der Waals surface area contributed by atoms with Gasteiger partial charge >= 0.3 is 0 Å². The van der Waals surface area contributed by atoms with Gasteiger partial charge in [0, 0.05) is 31.9 Å². The van der Waals surface area contributed by atoms with Gasteiger partial charge in [-0.05, 0) is 24.6 Å². The van der Waals surface area contributed by atoms with Crippen molar-refractivity contribution in [2.24, 2.45) is 0 Å². The number of halogens is 2. The number of carbonyl (C=O) groups is 1. The third kappa shape index (κ3) is 2.44. The van der Waals surface area contributed by atoms with Gasteiger partial charge < -0.3 is 0 Å². The van der Waals surface area contributed by atoms with Crippen LogP contribution in [-0.2, 0) is 0 Å². The number of ketones is 1. The Balaban J connectivity index is 2.29. The maximum Gasteiger partial charge on any atom is 0.193 e. The average Bonchev–Trinajstić information content (AvgIpc) is 2.50. The molecule has 0 aromatic heterocycles. The van der Waals surface area contributed by atoms with Gasteiger partial charge in [-0.15, -0.1) is 0 Å². The lowest BCUT2D eigenvalue weighted by atomic mass is 9.95. The summed E-state index contributed by atoms with van der Waals surface area (Å²) in [5.74, 6) is -0.0390. The van der Waals surface area contributed by atoms with Gasteiger partial charge in [-0.25, -0.2) is 0 Å². The fraction of sp³-hybridized carbons (Fsp3) is 0.0556. The Morgan fingerprint density at radius 3 is 2.24 bits per heavy atom. The summed E-state index contributed by atoms with van der Waals surface area (Å²) < 4.78 is 0. The number of hydrogen-bond acceptors (Lipinski definition) is 1. The molecule has 0 atom stereocenters. The van der Waals surface area contributed by atoms with Crippen LogP contribution in [0.1, 0.15) is 21.5 Å². The molecule has 0 heterocycles. The second-order valence-corrected chi connectivity index (χ2v) is 5.72. The van der Waals surface area contributed by atoms with Crippen molar-refractivity contribution in [2.45, 2.75) is 6.92 Å². The van der Waals surface area contributed by atoms with Crippen molar-refractivity contribution in [1.82, 2.24) is 0 Å². The first-order valence-corrected chi connectivity index (χ1v) is 7.32. The number of hydrogen-bond donors (Lipinski definition) is 0. The summed E-state index contributed by atoms with van der Waals surface area (Å²) in [6, 6.07) is 16.5. The zero-order chi connectivity index (χ0) is 15.0. The molecular formula is C18H12Cl2O. The van der Waals surface area contributed by atoms with Gasteiger partial charge in [-0.1, -0.05) is 65.7 Å². The van der Waals surface area contributed by atoms with E-state index in [1.807, 2.05) is 43.3 Å². The van der Waals surface area contributed by atoms with Crippen molar-refractivity contribution in [1.29, 1.82) is 0 Å². The van der Waals surface area contributed by atoms with E-state index < -0.39 is 0 Å². The van der Waals surface area contributed by atoms with Crippen molar-refractivity contribution in [3.8, 4) is 0 Å². The minimum atomic E-state index is -0.0390. The molecule has 104 valence electrons. The Kier molecular flexibility index (Phi) is 3.71. The second-order valence-electron chi connectivity index (χ2n) is 4.90. The van der Waals surface area contributed by atoms with Crippen molar-refractivity contribution in [3.63, 3.8) is 0 Å². The van der Waals surface area contributed by atoms with Crippen molar-refractivity contribution >= 4 is 39.8 Å². The summed E-state index contributed by atoms with van der Waals surface area (Å²) in [4.78, 5) is 12.8. The normalized spacial score (nSPS) is 10.8. The monoisotopic (exact) mass is 314 g/mol. The highest BCUT2D eigenvalue weighted by Crippen LogP contribution is 2.33. The Bertz CT molecular complexity index is 853. The lowest BCUT2D eigenvalue weighted by Gasteiger charge is -2.10. The second kappa shape index (κ2) is 5.51. The van der Waals surface area contributed by atoms with Crippen molar-refractivity contribution in [3.05, 3.63) is 81.3 Å². The van der Waals surface area contributed by atoms with Gasteiger partial charge in [0.1, 0.15) is 0 Å². The maximum atomic E-state index is 12.8. The van der Waals surface area contributed by atoms with Crippen LogP contribution in [0.3, 0.4) is 0 Å². The van der Waals surface area contributed by atoms with Gasteiger partial charge in [0.15, 0.2) is 5.78 Å². The van der Waals surface area contributed by atoms with E-state index >= 15 is 0 Å². The largest absolute Gasteiger partial charge is 0.289 e. The summed E-state index contributed by atoms with van der Waals surface area (Å²) in [6.07, 6.45) is 0. The van der Waals surface area contributed by atoms with Crippen LogP contribution in [0.15, 0.2) is 54.6 Å². The molecule has 0 spiro atoms. The van der Waals surface area contributed by atoms with E-state index in [1.54, 1.807) is 18.2 Å². The lowest BCUT2D eigenvalue weighted by molar-refractivity contribution is 0.103. The molecule has 21 heavy (non-hydrogen) atoms. The molecule has 0 fully saturated rings. The quantitative estimate of drug-likeness (QED) is 0.556. The van der Waals surface area contributed by atoms with Crippen LogP contribution >= 0.6 is 23.2 Å². The summed E-state index contributed by atoms with van der Waals surface area (Å²) in [6.45, 7) is 1.92. The molecule has 0 amide bonds. The minimum Gasteiger partial charge on any atom is -0.289 e. The first-order valence-electron chi connectivity index (χ1n) is 6.56. The molecule has 0 saturated carbocycles. The first kappa shape index (κ1) is 14.1. The van der Waals surface area contributed by atoms with E-state index in [-0.39, 0.29) is 5.78 Å². The van der Waals surface area contributed by atoms with Crippen LogP contribution in [0, 0.1) is 6.92 Å². The van der Waals surface area contributed by atoms with Gasteiger partial charge in [-0.2, -0.15) is 0 Å². The third-order valence-corrected chi connectivity index (χ3v) is 4.22. The van der Waals surface area contributed by atoms with Gasteiger partial charge in [-0.3, -0.25) is 4.79 Å². The highest BCUT2D eigenvalue weighted by molar-refractivity contribution is 6.41. The van der Waals surface area contributed by atoms with E-state index in [0.29, 0.717) is 26.6 Å². The number of benzene rings is 3. The minimum absolute atomic E-state index is 0.0390. The van der Waals surface area contributed by atoms with E-state index in [2.05, 4.69) is 0 Å². The van der Waals surface area contributed by atoms with Gasteiger partial charge in [0.05, 0.1) is 0 Å². The number of rotatable bonds is 2. The smallest absolute Gasteiger partial charge is 0.193 e. The molecule has 3 heteroatoms. The molecule has 0 unspecified atom stereocenters. The van der Waals surface area contributed by atoms with Gasteiger partial charge in [0.2, 0.25) is 0 Å². The van der Waals surface area contributed by atoms with Crippen molar-refractivity contribution < 1.29 is 4.79 Å². The van der Waals surface area contributed by atoms with Crippen LogP contribution < -0.4 is 0 Å². The van der Waals surface area contributed by atoms with Crippen LogP contribution in [0.4, 0.5) is 0 Å². The maximum absolute atomic E-state index is 12.8. The molecule has 3 aromatic rings. The summed E-state index contributed by atoms with van der Waals surface area (Å²) in [5, 5.41) is 2.63. The predicted octanol–water partition coefficient (Wildman–Crippen LogP) is 5.69. The van der Waals surface area contributed by atoms with Gasteiger partial charge in [0.25, 0.3) is 0 Å². The summed E-state index contributed by atoms with van der Waals surface area (Å²) >= 11 is 12.5. The van der Waals surface area contributed by atoms with Crippen LogP contribution in [-0.4, -0.2) is 5.78 Å². The highest BCUT2D eigenvalue weighted by Gasteiger charge is 2.16. The Labute approximate surface area is 133 Å². The number of carbonyl (C=O) groups excluding carboxylic acids is 1. The zero-order valence-corrected chi connectivity index (χ0v) is 12.9. The molecule has 3 aromatic carbocycles. The molecule has 1 nitrogen and oxygen atoms in total. The summed E-state index contributed by atoms with van der Waals surface area (Å²) in [7, 11) is 0. The molecule has 0 N–H and O–H groups in total. The van der Waals surface area contributed by atoms with Crippen LogP contribution in [0.5, 0.6) is 0 Å². The Morgan fingerprint density at radius 1 is 0.810 bits per heavy atom. The van der Waals surface area contributed by atoms with E-state index in [9.17, 15) is 4.79 Å². The Morgan fingerprint density at radius 2 is 1.48 bits per heavy atom. The molecule has 0 aliphatic rings. The van der Waals surface area contributed by atoms with Crippen molar-refractivity contribution in [2.75, 3.05) is 0 Å². The highest BCUT2D eigenvalue weighted by atomic mass is 35.5. The Hall–Kier alpha value is -1.83. The van der Waals surface area contributed by atoms with Crippen LogP contribution in [0.25, 0.3) is 10.8 Å². The molecule has 0 radical (unpaired) electrons. The predicted molar refractivity (Wildman–Crippen MR) is 88.6 cm³/mol. The number of fused-ring (bicyclic) bond motifs is 1. The molecule has 0 aliphatic heterocycles. The molecular weight excluding hydrogens is 303 g/mol. The van der Waals surface area contributed by atoms with E-state index in [1.165, 1.54) is 0 Å². The first-order chi connectivity index (χ1) is 10.1. The molecule has 0 saturated heterocycles. The zero-order valence-electron chi connectivity index (χ0n) is 11.4. The third-order valence-electron chi connectivity index (χ3n) is 3.57. The van der Waals surface area contributed by atoms with E-state index in [0.717, 1.165) is 10.9 Å². The molecule has 0 bridgehead atoms. The molecule has 3 rings (SSSR count). The fourth-order valence-electron chi connectivity index (χ4n) is 2.49.